The van der Waals surface area contributed by atoms with Crippen molar-refractivity contribution in [2.24, 2.45) is 10.9 Å². The van der Waals surface area contributed by atoms with E-state index in [9.17, 15) is 13.2 Å². The zero-order chi connectivity index (χ0) is 20.0. The lowest BCUT2D eigenvalue weighted by molar-refractivity contribution is -0.137. The number of nitrogens with zero attached hydrogens (tertiary/aromatic N) is 3. The number of piperazine rings is 1. The fourth-order valence-electron chi connectivity index (χ4n) is 2.83. The van der Waals surface area contributed by atoms with Crippen LogP contribution in [-0.2, 0) is 19.7 Å². The molecule has 0 aliphatic carbocycles. The lowest BCUT2D eigenvalue weighted by Crippen LogP contribution is -2.51. The van der Waals surface area contributed by atoms with Crippen LogP contribution in [0.4, 0.5) is 0 Å². The van der Waals surface area contributed by atoms with Gasteiger partial charge in [-0.25, -0.2) is 8.42 Å². The number of nitrogens with two attached hydrogens (primary N) is 1. The van der Waals surface area contributed by atoms with Gasteiger partial charge in [-0.2, -0.15) is 4.31 Å². The third kappa shape index (κ3) is 4.68. The summed E-state index contributed by atoms with van der Waals surface area (Å²) < 4.78 is 26.6. The van der Waals surface area contributed by atoms with E-state index in [2.05, 4.69) is 5.16 Å². The zero-order valence-electron chi connectivity index (χ0n) is 15.3. The number of carbonyl (C=O) groups is 1. The fraction of sp³-hybridized carbons (Fsp3) is 0.263. The van der Waals surface area contributed by atoms with Crippen molar-refractivity contribution in [3.05, 3.63) is 66.2 Å². The van der Waals surface area contributed by atoms with Crippen LogP contribution in [0.2, 0.25) is 0 Å². The van der Waals surface area contributed by atoms with E-state index in [1.807, 2.05) is 18.2 Å². The van der Waals surface area contributed by atoms with Crippen LogP contribution in [0.25, 0.3) is 0 Å². The van der Waals surface area contributed by atoms with Crippen molar-refractivity contribution in [3.8, 4) is 0 Å². The number of amides is 1. The first-order chi connectivity index (χ1) is 13.5. The Morgan fingerprint density at radius 2 is 1.54 bits per heavy atom. The molecule has 0 bridgehead atoms. The van der Waals surface area contributed by atoms with E-state index in [0.717, 1.165) is 0 Å². The van der Waals surface area contributed by atoms with Crippen LogP contribution in [-0.4, -0.2) is 62.2 Å². The summed E-state index contributed by atoms with van der Waals surface area (Å²) >= 11 is 0. The minimum absolute atomic E-state index is 0.187. The molecule has 28 heavy (non-hydrogen) atoms. The lowest BCUT2D eigenvalue weighted by atomic mass is 10.2. The Bertz CT molecular complexity index is 925. The molecule has 1 amide bonds. The number of sulfonamides is 1. The van der Waals surface area contributed by atoms with Crippen molar-refractivity contribution in [1.29, 1.82) is 0 Å². The van der Waals surface area contributed by atoms with E-state index < -0.39 is 10.0 Å². The maximum Gasteiger partial charge on any atom is 0.263 e. The second-order valence-electron chi connectivity index (χ2n) is 6.21. The van der Waals surface area contributed by atoms with E-state index in [1.54, 1.807) is 47.4 Å². The third-order valence-corrected chi connectivity index (χ3v) is 6.31. The van der Waals surface area contributed by atoms with Crippen LogP contribution in [0.1, 0.15) is 5.56 Å². The van der Waals surface area contributed by atoms with Crippen molar-refractivity contribution < 1.29 is 18.0 Å². The first-order valence-corrected chi connectivity index (χ1v) is 10.3. The van der Waals surface area contributed by atoms with Crippen LogP contribution < -0.4 is 5.73 Å². The van der Waals surface area contributed by atoms with Gasteiger partial charge in [0, 0.05) is 31.7 Å². The van der Waals surface area contributed by atoms with Crippen molar-refractivity contribution in [2.45, 2.75) is 4.90 Å². The highest BCUT2D eigenvalue weighted by molar-refractivity contribution is 7.89. The molecule has 1 heterocycles. The predicted molar refractivity (Wildman–Crippen MR) is 105 cm³/mol. The zero-order valence-corrected chi connectivity index (χ0v) is 16.1. The minimum Gasteiger partial charge on any atom is -0.384 e. The van der Waals surface area contributed by atoms with E-state index in [-0.39, 0.29) is 36.3 Å². The van der Waals surface area contributed by atoms with Crippen LogP contribution >= 0.6 is 0 Å². The normalized spacial score (nSPS) is 16.0. The van der Waals surface area contributed by atoms with E-state index in [0.29, 0.717) is 18.7 Å². The van der Waals surface area contributed by atoms with Crippen molar-refractivity contribution in [2.75, 3.05) is 32.8 Å². The fourth-order valence-corrected chi connectivity index (χ4v) is 4.27. The van der Waals surface area contributed by atoms with Gasteiger partial charge < -0.3 is 15.5 Å². The molecule has 1 aliphatic rings. The van der Waals surface area contributed by atoms with Gasteiger partial charge >= 0.3 is 0 Å². The van der Waals surface area contributed by atoms with E-state index in [1.165, 1.54) is 4.31 Å². The summed E-state index contributed by atoms with van der Waals surface area (Å²) in [5.41, 5.74) is 6.51. The number of hydrogen-bond acceptors (Lipinski definition) is 5. The molecule has 3 rings (SSSR count). The van der Waals surface area contributed by atoms with Gasteiger partial charge in [0.05, 0.1) is 4.90 Å². The van der Waals surface area contributed by atoms with Crippen molar-refractivity contribution in [3.63, 3.8) is 0 Å². The van der Waals surface area contributed by atoms with E-state index in [4.69, 9.17) is 10.6 Å². The number of rotatable bonds is 6. The number of oxime groups is 1. The topological polar surface area (TPSA) is 105 Å². The molecule has 2 aromatic carbocycles. The molecule has 1 fully saturated rings. The van der Waals surface area contributed by atoms with Crippen LogP contribution in [0.3, 0.4) is 0 Å². The first kappa shape index (κ1) is 19.8. The molecule has 0 radical (unpaired) electrons. The van der Waals surface area contributed by atoms with Crippen molar-refractivity contribution >= 4 is 21.8 Å². The summed E-state index contributed by atoms with van der Waals surface area (Å²) in [7, 11) is -3.54. The molecular weight excluding hydrogens is 380 g/mol. The van der Waals surface area contributed by atoms with Crippen LogP contribution in [0.5, 0.6) is 0 Å². The monoisotopic (exact) mass is 402 g/mol. The summed E-state index contributed by atoms with van der Waals surface area (Å²) in [6.45, 7) is 0.814. The van der Waals surface area contributed by atoms with Gasteiger partial charge in [0.25, 0.3) is 5.91 Å². The first-order valence-electron chi connectivity index (χ1n) is 8.82. The molecule has 0 atom stereocenters. The largest absolute Gasteiger partial charge is 0.384 e. The van der Waals surface area contributed by atoms with Gasteiger partial charge in [0.15, 0.2) is 12.4 Å². The molecule has 1 saturated heterocycles. The molecular formula is C19H22N4O4S. The highest BCUT2D eigenvalue weighted by Crippen LogP contribution is 2.17. The summed E-state index contributed by atoms with van der Waals surface area (Å²) in [5, 5.41) is 3.76. The van der Waals surface area contributed by atoms with Gasteiger partial charge in [-0.05, 0) is 12.1 Å². The Labute approximate surface area is 164 Å². The maximum atomic E-state index is 12.6. The van der Waals surface area contributed by atoms with Crippen molar-refractivity contribution in [1.82, 2.24) is 9.21 Å². The number of carbonyl (C=O) groups excluding carboxylic acids is 1. The minimum atomic E-state index is -3.54. The summed E-state index contributed by atoms with van der Waals surface area (Å²) in [6, 6.07) is 17.4. The van der Waals surface area contributed by atoms with Crippen LogP contribution in [0.15, 0.2) is 70.7 Å². The Balaban J connectivity index is 1.50. The number of benzene rings is 2. The molecule has 0 spiro atoms. The molecule has 2 N–H and O–H groups in total. The summed E-state index contributed by atoms with van der Waals surface area (Å²) in [4.78, 5) is 19.1. The SMILES string of the molecule is N/C(=N\OCC(=O)N1CCN(S(=O)(=O)c2ccccc2)CC1)c1ccccc1. The Morgan fingerprint density at radius 1 is 0.964 bits per heavy atom. The molecule has 0 aromatic heterocycles. The molecule has 9 heteroatoms. The Morgan fingerprint density at radius 3 is 2.14 bits per heavy atom. The number of amidine groups is 1. The van der Waals surface area contributed by atoms with Gasteiger partial charge in [-0.15, -0.1) is 0 Å². The molecule has 8 nitrogen and oxygen atoms in total. The third-order valence-electron chi connectivity index (χ3n) is 4.39. The van der Waals surface area contributed by atoms with E-state index >= 15 is 0 Å². The van der Waals surface area contributed by atoms with Crippen LogP contribution in [0, 0.1) is 0 Å². The molecule has 0 saturated carbocycles. The summed E-state index contributed by atoms with van der Waals surface area (Å²) in [5.74, 6) is -0.0754. The highest BCUT2D eigenvalue weighted by Gasteiger charge is 2.30. The highest BCUT2D eigenvalue weighted by atomic mass is 32.2. The Kier molecular flexibility index (Phi) is 6.27. The maximum absolute atomic E-state index is 12.6. The molecule has 148 valence electrons. The molecule has 2 aromatic rings. The number of hydrogen-bond donors (Lipinski definition) is 1. The second-order valence-corrected chi connectivity index (χ2v) is 8.15. The second kappa shape index (κ2) is 8.85. The Hall–Kier alpha value is -2.91. The van der Waals surface area contributed by atoms with Gasteiger partial charge in [0.1, 0.15) is 0 Å². The standard InChI is InChI=1S/C19H22N4O4S/c20-19(16-7-3-1-4-8-16)21-27-15-18(24)22-11-13-23(14-12-22)28(25,26)17-9-5-2-6-10-17/h1-10H,11-15H2,(H2,20,21). The quantitative estimate of drug-likeness (QED) is 0.438. The average Bonchev–Trinajstić information content (AvgIpc) is 2.75. The molecule has 0 unspecified atom stereocenters. The summed E-state index contributed by atoms with van der Waals surface area (Å²) in [6.07, 6.45) is 0. The predicted octanol–water partition coefficient (Wildman–Crippen LogP) is 0.857. The average molecular weight is 402 g/mol. The lowest BCUT2D eigenvalue weighted by Gasteiger charge is -2.33. The van der Waals surface area contributed by atoms with Gasteiger partial charge in [-0.1, -0.05) is 53.7 Å². The van der Waals surface area contributed by atoms with Gasteiger partial charge in [-0.3, -0.25) is 4.79 Å². The smallest absolute Gasteiger partial charge is 0.263 e. The van der Waals surface area contributed by atoms with Gasteiger partial charge in [0.2, 0.25) is 10.0 Å². The molecule has 1 aliphatic heterocycles.